The maximum Gasteiger partial charge on any atom is 0.215 e. The molecule has 0 aromatic heterocycles. The van der Waals surface area contributed by atoms with Gasteiger partial charge in [0.15, 0.2) is 0 Å². The number of rotatable bonds is 9. The van der Waals surface area contributed by atoms with Gasteiger partial charge >= 0.3 is 0 Å². The van der Waals surface area contributed by atoms with Gasteiger partial charge in [0.1, 0.15) is 6.29 Å². The van der Waals surface area contributed by atoms with Crippen LogP contribution >= 0.6 is 0 Å². The maximum absolute atomic E-state index is 12.1. The van der Waals surface area contributed by atoms with Gasteiger partial charge in [0.25, 0.3) is 0 Å². The number of carbonyl (C=O) groups is 1. The molecule has 1 aromatic carbocycles. The Balaban J connectivity index is 2.73. The van der Waals surface area contributed by atoms with Crippen molar-refractivity contribution in [1.29, 1.82) is 0 Å². The SMILES string of the molecule is O=CCN(Cc1ccccc1)S(=O)(=O)CCC[N+](=O)[O-]. The lowest BCUT2D eigenvalue weighted by molar-refractivity contribution is -0.479. The predicted molar refractivity (Wildman–Crippen MR) is 73.2 cm³/mol. The lowest BCUT2D eigenvalue weighted by Gasteiger charge is -2.19. The van der Waals surface area contributed by atoms with E-state index in [2.05, 4.69) is 0 Å². The van der Waals surface area contributed by atoms with E-state index in [0.29, 0.717) is 6.29 Å². The number of nitrogens with zero attached hydrogens (tertiary/aromatic N) is 2. The normalized spacial score (nSPS) is 11.4. The number of nitro groups is 1. The summed E-state index contributed by atoms with van der Waals surface area (Å²) in [6.45, 7) is -0.574. The Bertz CT molecular complexity index is 544. The topological polar surface area (TPSA) is 97.6 Å². The van der Waals surface area contributed by atoms with Crippen LogP contribution in [-0.4, -0.2) is 42.8 Å². The van der Waals surface area contributed by atoms with Crippen LogP contribution in [-0.2, 0) is 21.4 Å². The van der Waals surface area contributed by atoms with Crippen LogP contribution in [0.15, 0.2) is 30.3 Å². The van der Waals surface area contributed by atoms with Gasteiger partial charge in [-0.05, 0) is 5.56 Å². The average Bonchev–Trinajstić information content (AvgIpc) is 2.38. The zero-order valence-corrected chi connectivity index (χ0v) is 11.7. The number of benzene rings is 1. The molecule has 0 unspecified atom stereocenters. The second-order valence-electron chi connectivity index (χ2n) is 4.17. The first-order chi connectivity index (χ1) is 9.45. The summed E-state index contributed by atoms with van der Waals surface area (Å²) in [4.78, 5) is 20.3. The molecule has 20 heavy (non-hydrogen) atoms. The van der Waals surface area contributed by atoms with Crippen LogP contribution in [0.2, 0.25) is 0 Å². The molecule has 0 amide bonds. The van der Waals surface area contributed by atoms with Gasteiger partial charge in [0.2, 0.25) is 16.6 Å². The zero-order valence-electron chi connectivity index (χ0n) is 10.8. The number of sulfonamides is 1. The fraction of sp³-hybridized carbons (Fsp3) is 0.417. The van der Waals surface area contributed by atoms with E-state index in [0.717, 1.165) is 9.87 Å². The highest BCUT2D eigenvalue weighted by molar-refractivity contribution is 7.89. The summed E-state index contributed by atoms with van der Waals surface area (Å²) >= 11 is 0. The molecule has 110 valence electrons. The van der Waals surface area contributed by atoms with Gasteiger partial charge in [-0.2, -0.15) is 4.31 Å². The Hall–Kier alpha value is -1.80. The monoisotopic (exact) mass is 300 g/mol. The number of aldehydes is 1. The van der Waals surface area contributed by atoms with Gasteiger partial charge in [-0.15, -0.1) is 0 Å². The molecular weight excluding hydrogens is 284 g/mol. The molecule has 0 atom stereocenters. The lowest BCUT2D eigenvalue weighted by atomic mass is 10.2. The lowest BCUT2D eigenvalue weighted by Crippen LogP contribution is -2.34. The van der Waals surface area contributed by atoms with E-state index in [4.69, 9.17) is 0 Å². The Kier molecular flexibility index (Phi) is 6.26. The van der Waals surface area contributed by atoms with Gasteiger partial charge in [-0.1, -0.05) is 30.3 Å². The molecule has 0 saturated heterocycles. The summed E-state index contributed by atoms with van der Waals surface area (Å²) in [5.41, 5.74) is 0.757. The smallest absolute Gasteiger partial charge is 0.215 e. The van der Waals surface area contributed by atoms with Crippen LogP contribution in [0.25, 0.3) is 0 Å². The van der Waals surface area contributed by atoms with Crippen molar-refractivity contribution in [3.8, 4) is 0 Å². The molecule has 0 aliphatic rings. The third-order valence-corrected chi connectivity index (χ3v) is 4.49. The summed E-state index contributed by atoms with van der Waals surface area (Å²) in [6, 6.07) is 8.86. The average molecular weight is 300 g/mol. The van der Waals surface area contributed by atoms with Crippen LogP contribution in [0.4, 0.5) is 0 Å². The second kappa shape index (κ2) is 7.71. The van der Waals surface area contributed by atoms with Gasteiger partial charge in [-0.3, -0.25) is 10.1 Å². The summed E-state index contributed by atoms with van der Waals surface area (Å²) in [7, 11) is -3.68. The highest BCUT2D eigenvalue weighted by atomic mass is 32.2. The van der Waals surface area contributed by atoms with E-state index < -0.39 is 21.5 Å². The number of hydrogen-bond donors (Lipinski definition) is 0. The molecule has 8 heteroatoms. The van der Waals surface area contributed by atoms with Gasteiger partial charge in [0.05, 0.1) is 12.3 Å². The molecule has 0 aliphatic carbocycles. The Labute approximate surface area is 117 Å². The molecule has 7 nitrogen and oxygen atoms in total. The van der Waals surface area contributed by atoms with Crippen molar-refractivity contribution < 1.29 is 18.1 Å². The molecule has 0 spiro atoms. The summed E-state index contributed by atoms with van der Waals surface area (Å²) in [6.07, 6.45) is 0.438. The van der Waals surface area contributed by atoms with Gasteiger partial charge in [0, 0.05) is 17.9 Å². The van der Waals surface area contributed by atoms with E-state index in [1.165, 1.54) is 0 Å². The predicted octanol–water partition coefficient (Wildman–Crippen LogP) is 0.684. The van der Waals surface area contributed by atoms with Crippen LogP contribution in [0, 0.1) is 10.1 Å². The third kappa shape index (κ3) is 5.45. The Morgan fingerprint density at radius 3 is 2.45 bits per heavy atom. The molecule has 0 bridgehead atoms. The van der Waals surface area contributed by atoms with Crippen molar-refractivity contribution in [2.24, 2.45) is 0 Å². The van der Waals surface area contributed by atoms with Crippen LogP contribution in [0.1, 0.15) is 12.0 Å². The molecule has 0 aliphatic heterocycles. The van der Waals surface area contributed by atoms with E-state index in [-0.39, 0.29) is 25.3 Å². The molecule has 0 saturated carbocycles. The highest BCUT2D eigenvalue weighted by Gasteiger charge is 2.22. The first-order valence-electron chi connectivity index (χ1n) is 6.03. The van der Waals surface area contributed by atoms with Crippen molar-refractivity contribution in [3.63, 3.8) is 0 Å². The highest BCUT2D eigenvalue weighted by Crippen LogP contribution is 2.10. The zero-order chi connectivity index (χ0) is 15.0. The van der Waals surface area contributed by atoms with E-state index in [1.807, 2.05) is 0 Å². The van der Waals surface area contributed by atoms with Crippen LogP contribution in [0.5, 0.6) is 0 Å². The number of hydrogen-bond acceptors (Lipinski definition) is 5. The summed E-state index contributed by atoms with van der Waals surface area (Å²) < 4.78 is 25.1. The largest absolute Gasteiger partial charge is 0.302 e. The molecule has 0 N–H and O–H groups in total. The van der Waals surface area contributed by atoms with Crippen molar-refractivity contribution in [3.05, 3.63) is 46.0 Å². The first kappa shape index (κ1) is 16.3. The molecule has 1 rings (SSSR count). The minimum atomic E-state index is -3.68. The third-order valence-electron chi connectivity index (χ3n) is 2.62. The van der Waals surface area contributed by atoms with E-state index in [9.17, 15) is 23.3 Å². The maximum atomic E-state index is 12.1. The molecular formula is C12H16N2O5S. The van der Waals surface area contributed by atoms with Crippen molar-refractivity contribution in [1.82, 2.24) is 4.31 Å². The number of carbonyl (C=O) groups excluding carboxylic acids is 1. The van der Waals surface area contributed by atoms with Crippen molar-refractivity contribution in [2.45, 2.75) is 13.0 Å². The van der Waals surface area contributed by atoms with E-state index in [1.54, 1.807) is 30.3 Å². The van der Waals surface area contributed by atoms with Crippen LogP contribution in [0.3, 0.4) is 0 Å². The Morgan fingerprint density at radius 1 is 1.25 bits per heavy atom. The van der Waals surface area contributed by atoms with Gasteiger partial charge in [-0.25, -0.2) is 8.42 Å². The first-order valence-corrected chi connectivity index (χ1v) is 7.64. The fourth-order valence-corrected chi connectivity index (χ4v) is 3.04. The summed E-state index contributed by atoms with van der Waals surface area (Å²) in [5, 5.41) is 10.2. The minimum absolute atomic E-state index is 0.0700. The van der Waals surface area contributed by atoms with Crippen molar-refractivity contribution >= 4 is 16.3 Å². The molecule has 0 fully saturated rings. The van der Waals surface area contributed by atoms with Gasteiger partial charge < -0.3 is 4.79 Å². The minimum Gasteiger partial charge on any atom is -0.302 e. The summed E-state index contributed by atoms with van der Waals surface area (Å²) in [5.74, 6) is -0.339. The van der Waals surface area contributed by atoms with E-state index >= 15 is 0 Å². The molecule has 1 aromatic rings. The standard InChI is InChI=1S/C12H16N2O5S/c15-9-8-13(11-12-5-2-1-3-6-12)20(18,19)10-4-7-14(16)17/h1-3,5-6,9H,4,7-8,10-11H2. The molecule has 0 heterocycles. The second-order valence-corrected chi connectivity index (χ2v) is 6.26. The van der Waals surface area contributed by atoms with Crippen LogP contribution < -0.4 is 0 Å². The van der Waals surface area contributed by atoms with Crippen molar-refractivity contribution in [2.75, 3.05) is 18.8 Å². The Morgan fingerprint density at radius 2 is 1.90 bits per heavy atom. The quantitative estimate of drug-likeness (QED) is 0.379. The fourth-order valence-electron chi connectivity index (χ4n) is 1.65. The molecule has 0 radical (unpaired) electrons.